The molecule has 3 aromatic rings. The lowest BCUT2D eigenvalue weighted by Crippen LogP contribution is -2.11. The molecular formula is C26H26N6O2. The van der Waals surface area contributed by atoms with Crippen molar-refractivity contribution in [2.45, 2.75) is 26.8 Å². The Bertz CT molecular complexity index is 1290. The molecule has 8 heteroatoms. The van der Waals surface area contributed by atoms with Crippen molar-refractivity contribution in [1.29, 1.82) is 0 Å². The highest BCUT2D eigenvalue weighted by Crippen LogP contribution is 2.15. The van der Waals surface area contributed by atoms with Crippen LogP contribution in [-0.2, 0) is 6.54 Å². The van der Waals surface area contributed by atoms with Gasteiger partial charge in [-0.3, -0.25) is 9.79 Å². The van der Waals surface area contributed by atoms with Crippen molar-refractivity contribution >= 4 is 23.9 Å². The number of benzene rings is 2. The molecule has 0 saturated carbocycles. The number of aliphatic hydroxyl groups is 1. The number of aliphatic imine (C=N–C) groups is 1. The monoisotopic (exact) mass is 454 g/mol. The average molecular weight is 455 g/mol. The highest BCUT2D eigenvalue weighted by atomic mass is 16.3. The molecule has 3 rings (SSSR count). The number of carbonyl (C=O) groups excluding carboxylic acids is 1. The molecule has 1 amide bonds. The molecule has 0 fully saturated rings. The fourth-order valence-electron chi connectivity index (χ4n) is 3.03. The summed E-state index contributed by atoms with van der Waals surface area (Å²) < 4.78 is 0. The molecule has 0 radical (unpaired) electrons. The molecule has 34 heavy (non-hydrogen) atoms. The van der Waals surface area contributed by atoms with Crippen LogP contribution >= 0.6 is 0 Å². The molecule has 1 heterocycles. The second-order valence-corrected chi connectivity index (χ2v) is 7.53. The van der Waals surface area contributed by atoms with Gasteiger partial charge in [0.1, 0.15) is 0 Å². The van der Waals surface area contributed by atoms with Gasteiger partial charge in [-0.1, -0.05) is 35.6 Å². The van der Waals surface area contributed by atoms with Crippen molar-refractivity contribution in [3.8, 4) is 11.8 Å². The number of aryl methyl sites for hydroxylation is 2. The summed E-state index contributed by atoms with van der Waals surface area (Å²) >= 11 is 0. The van der Waals surface area contributed by atoms with Crippen LogP contribution in [-0.4, -0.2) is 44.5 Å². The summed E-state index contributed by atoms with van der Waals surface area (Å²) in [5, 5.41) is 24.2. The molecule has 0 spiro atoms. The number of tetrazole rings is 1. The first-order valence-electron chi connectivity index (χ1n) is 10.7. The molecule has 0 aliphatic heterocycles. The van der Waals surface area contributed by atoms with E-state index in [1.165, 1.54) is 4.80 Å². The second-order valence-electron chi connectivity index (χ2n) is 7.53. The summed E-state index contributed by atoms with van der Waals surface area (Å²) in [6, 6.07) is 14.8. The fraction of sp³-hybridized carbons (Fsp3) is 0.192. The zero-order valence-electron chi connectivity index (χ0n) is 19.2. The van der Waals surface area contributed by atoms with Crippen LogP contribution < -0.4 is 5.32 Å². The molecule has 0 saturated heterocycles. The van der Waals surface area contributed by atoms with Crippen molar-refractivity contribution in [2.75, 3.05) is 11.9 Å². The number of aromatic nitrogens is 4. The number of allylic oxidation sites excluding steroid dienone is 3. The molecule has 0 unspecified atom stereocenters. The molecule has 8 nitrogen and oxygen atoms in total. The predicted molar refractivity (Wildman–Crippen MR) is 133 cm³/mol. The lowest BCUT2D eigenvalue weighted by Gasteiger charge is -2.06. The molecule has 2 N–H and O–H groups in total. The zero-order chi connectivity index (χ0) is 24.3. The first-order chi connectivity index (χ1) is 16.5. The van der Waals surface area contributed by atoms with Gasteiger partial charge in [-0.15, -0.1) is 10.2 Å². The van der Waals surface area contributed by atoms with Gasteiger partial charge in [-0.25, -0.2) is 0 Å². The maximum atomic E-state index is 12.5. The van der Waals surface area contributed by atoms with Crippen LogP contribution in [0.15, 0.2) is 71.4 Å². The number of anilines is 1. The third-order valence-corrected chi connectivity index (χ3v) is 4.63. The van der Waals surface area contributed by atoms with E-state index in [4.69, 9.17) is 5.11 Å². The molecule has 0 aliphatic rings. The van der Waals surface area contributed by atoms with Crippen LogP contribution in [0.1, 0.15) is 40.7 Å². The van der Waals surface area contributed by atoms with Gasteiger partial charge < -0.3 is 10.4 Å². The lowest BCUT2D eigenvalue weighted by molar-refractivity contribution is 0.102. The largest absolute Gasteiger partial charge is 0.396 e. The average Bonchev–Trinajstić information content (AvgIpc) is 3.30. The summed E-state index contributed by atoms with van der Waals surface area (Å²) in [6.07, 6.45) is 3.89. The van der Waals surface area contributed by atoms with E-state index in [1.807, 2.05) is 56.3 Å². The van der Waals surface area contributed by atoms with Crippen molar-refractivity contribution in [1.82, 2.24) is 20.2 Å². The Morgan fingerprint density at radius 3 is 2.85 bits per heavy atom. The topological polar surface area (TPSA) is 105 Å². The van der Waals surface area contributed by atoms with Crippen LogP contribution in [0.4, 0.5) is 5.69 Å². The third-order valence-electron chi connectivity index (χ3n) is 4.63. The zero-order valence-corrected chi connectivity index (χ0v) is 19.2. The van der Waals surface area contributed by atoms with E-state index in [2.05, 4.69) is 44.3 Å². The van der Waals surface area contributed by atoms with E-state index in [0.29, 0.717) is 35.6 Å². The van der Waals surface area contributed by atoms with Gasteiger partial charge in [-0.2, -0.15) is 4.80 Å². The highest BCUT2D eigenvalue weighted by Gasteiger charge is 2.08. The van der Waals surface area contributed by atoms with Crippen molar-refractivity contribution in [3.05, 3.63) is 88.9 Å². The Hall–Kier alpha value is -4.35. The number of carbonyl (C=O) groups is 1. The number of amides is 1. The van der Waals surface area contributed by atoms with Crippen LogP contribution in [0, 0.1) is 18.8 Å². The quantitative estimate of drug-likeness (QED) is 0.307. The van der Waals surface area contributed by atoms with Gasteiger partial charge in [0.05, 0.1) is 6.54 Å². The number of hydrogen-bond acceptors (Lipinski definition) is 6. The molecule has 2 aromatic carbocycles. The van der Waals surface area contributed by atoms with Crippen molar-refractivity contribution in [3.63, 3.8) is 0 Å². The molecule has 0 atom stereocenters. The summed E-state index contributed by atoms with van der Waals surface area (Å²) in [7, 11) is 0. The molecule has 1 aromatic heterocycles. The number of rotatable bonds is 8. The molecule has 0 bridgehead atoms. The van der Waals surface area contributed by atoms with E-state index in [1.54, 1.807) is 18.3 Å². The highest BCUT2D eigenvalue weighted by molar-refractivity contribution is 6.04. The summed E-state index contributed by atoms with van der Waals surface area (Å²) in [4.78, 5) is 17.8. The lowest BCUT2D eigenvalue weighted by atomic mass is 10.1. The Labute approximate surface area is 198 Å². The van der Waals surface area contributed by atoms with E-state index in [-0.39, 0.29) is 12.5 Å². The van der Waals surface area contributed by atoms with Crippen LogP contribution in [0.25, 0.3) is 5.57 Å². The van der Waals surface area contributed by atoms with E-state index in [9.17, 15) is 4.79 Å². The predicted octanol–water partition coefficient (Wildman–Crippen LogP) is 3.66. The Kier molecular flexibility index (Phi) is 8.60. The van der Waals surface area contributed by atoms with Gasteiger partial charge >= 0.3 is 0 Å². The minimum Gasteiger partial charge on any atom is -0.396 e. The van der Waals surface area contributed by atoms with Gasteiger partial charge in [0.2, 0.25) is 5.82 Å². The van der Waals surface area contributed by atoms with E-state index < -0.39 is 0 Å². The standard InChI is InChI=1S/C26H26N6O2/c1-19-7-4-9-22(15-19)26(34)28-24-10-5-8-21(17-24)12-11-20(2)16-23(18-27-3)25-29-31-32(30-25)13-6-14-33/h4-5,7-10,15-18,33H,3,6,13-14H2,1-2H3,(H,28,34)/b20-16+,23-18+. The summed E-state index contributed by atoms with van der Waals surface area (Å²) in [5.74, 6) is 6.43. The Balaban J connectivity index is 1.73. The summed E-state index contributed by atoms with van der Waals surface area (Å²) in [6.45, 7) is 7.84. The van der Waals surface area contributed by atoms with Crippen LogP contribution in [0.2, 0.25) is 0 Å². The first kappa shape index (κ1) is 24.3. The molecule has 172 valence electrons. The fourth-order valence-corrected chi connectivity index (χ4v) is 3.03. The summed E-state index contributed by atoms with van der Waals surface area (Å²) in [5.41, 5.74) is 4.44. The van der Waals surface area contributed by atoms with E-state index >= 15 is 0 Å². The van der Waals surface area contributed by atoms with Crippen molar-refractivity contribution < 1.29 is 9.90 Å². The minimum absolute atomic E-state index is 0.0548. The smallest absolute Gasteiger partial charge is 0.255 e. The SMILES string of the molecule is C=N/C=C(\C=C(/C)C#Cc1cccc(NC(=O)c2cccc(C)c2)c1)c1nnn(CCCO)n1. The van der Waals surface area contributed by atoms with Gasteiger partial charge in [0.15, 0.2) is 0 Å². The van der Waals surface area contributed by atoms with Crippen LogP contribution in [0.3, 0.4) is 0 Å². The minimum atomic E-state index is -0.170. The Morgan fingerprint density at radius 1 is 1.26 bits per heavy atom. The third kappa shape index (κ3) is 7.08. The maximum absolute atomic E-state index is 12.5. The number of hydrogen-bond donors (Lipinski definition) is 2. The number of nitrogens with zero attached hydrogens (tertiary/aromatic N) is 5. The number of aliphatic hydroxyl groups excluding tert-OH is 1. The molecular weight excluding hydrogens is 428 g/mol. The van der Waals surface area contributed by atoms with Gasteiger partial charge in [0, 0.05) is 40.8 Å². The van der Waals surface area contributed by atoms with Crippen LogP contribution in [0.5, 0.6) is 0 Å². The number of nitrogens with one attached hydrogen (secondary N) is 1. The Morgan fingerprint density at radius 2 is 2.09 bits per heavy atom. The normalized spacial score (nSPS) is 11.5. The van der Waals surface area contributed by atoms with Gasteiger partial charge in [0.25, 0.3) is 5.91 Å². The molecule has 0 aliphatic carbocycles. The van der Waals surface area contributed by atoms with E-state index in [0.717, 1.165) is 16.7 Å². The van der Waals surface area contributed by atoms with Gasteiger partial charge in [-0.05, 0) is 68.6 Å². The maximum Gasteiger partial charge on any atom is 0.255 e. The first-order valence-corrected chi connectivity index (χ1v) is 10.7. The second kappa shape index (κ2) is 12.0. The van der Waals surface area contributed by atoms with Crippen molar-refractivity contribution in [2.24, 2.45) is 4.99 Å².